The van der Waals surface area contributed by atoms with Crippen molar-refractivity contribution in [3.8, 4) is 0 Å². The van der Waals surface area contributed by atoms with Crippen LogP contribution in [0.15, 0.2) is 24.3 Å². The molecule has 0 spiro atoms. The quantitative estimate of drug-likeness (QED) is 0.874. The van der Waals surface area contributed by atoms with Gasteiger partial charge in [-0.2, -0.15) is 0 Å². The molecular formula is C17H26N2O2. The lowest BCUT2D eigenvalue weighted by Gasteiger charge is -2.24. The number of carbonyl (C=O) groups is 1. The summed E-state index contributed by atoms with van der Waals surface area (Å²) in [6, 6.07) is 8.40. The summed E-state index contributed by atoms with van der Waals surface area (Å²) in [6.07, 6.45) is 0.977. The summed E-state index contributed by atoms with van der Waals surface area (Å²) in [5.74, 6) is 0.453. The van der Waals surface area contributed by atoms with Gasteiger partial charge in [0.2, 0.25) is 5.91 Å². The Bertz CT molecular complexity index is 470. The Morgan fingerprint density at radius 1 is 1.29 bits per heavy atom. The molecular weight excluding hydrogens is 264 g/mol. The standard InChI is InChI=1S/C17H26N2O2/c1-5-13-6-8-14(9-7-13)16-18-15(12(2)3)17(20)19(16)10-11-21-4/h6-9,12,15-16,18H,5,10-11H2,1-4H3. The molecule has 116 valence electrons. The van der Waals surface area contributed by atoms with Crippen molar-refractivity contribution in [3.05, 3.63) is 35.4 Å². The first-order chi connectivity index (χ1) is 10.1. The van der Waals surface area contributed by atoms with E-state index in [-0.39, 0.29) is 24.0 Å². The van der Waals surface area contributed by atoms with E-state index in [2.05, 4.69) is 50.4 Å². The van der Waals surface area contributed by atoms with Crippen molar-refractivity contribution in [2.75, 3.05) is 20.3 Å². The number of hydrogen-bond acceptors (Lipinski definition) is 3. The second-order valence-corrected chi connectivity index (χ2v) is 5.91. The number of aryl methyl sites for hydroxylation is 1. The molecule has 1 saturated heterocycles. The third kappa shape index (κ3) is 3.44. The van der Waals surface area contributed by atoms with E-state index in [0.29, 0.717) is 13.2 Å². The normalized spacial score (nSPS) is 22.3. The van der Waals surface area contributed by atoms with E-state index in [4.69, 9.17) is 4.74 Å². The zero-order valence-corrected chi connectivity index (χ0v) is 13.4. The van der Waals surface area contributed by atoms with E-state index >= 15 is 0 Å². The Kier molecular flexibility index (Phi) is 5.37. The highest BCUT2D eigenvalue weighted by molar-refractivity contribution is 5.84. The summed E-state index contributed by atoms with van der Waals surface area (Å²) in [5.41, 5.74) is 2.45. The zero-order valence-electron chi connectivity index (χ0n) is 13.4. The molecule has 1 fully saturated rings. The second-order valence-electron chi connectivity index (χ2n) is 5.91. The van der Waals surface area contributed by atoms with E-state index in [1.54, 1.807) is 7.11 Å². The minimum atomic E-state index is -0.113. The lowest BCUT2D eigenvalue weighted by atomic mass is 10.0. The number of carbonyl (C=O) groups excluding carboxylic acids is 1. The summed E-state index contributed by atoms with van der Waals surface area (Å²) >= 11 is 0. The summed E-state index contributed by atoms with van der Waals surface area (Å²) in [4.78, 5) is 14.5. The van der Waals surface area contributed by atoms with Crippen molar-refractivity contribution < 1.29 is 9.53 Å². The molecule has 1 aliphatic heterocycles. The Balaban J connectivity index is 2.22. The Labute approximate surface area is 127 Å². The van der Waals surface area contributed by atoms with Gasteiger partial charge in [0.15, 0.2) is 0 Å². The van der Waals surface area contributed by atoms with Crippen LogP contribution in [0.25, 0.3) is 0 Å². The molecule has 1 N–H and O–H groups in total. The Morgan fingerprint density at radius 3 is 2.48 bits per heavy atom. The van der Waals surface area contributed by atoms with Gasteiger partial charge in [0.25, 0.3) is 0 Å². The van der Waals surface area contributed by atoms with Crippen molar-refractivity contribution in [3.63, 3.8) is 0 Å². The first-order valence-electron chi connectivity index (χ1n) is 7.72. The van der Waals surface area contributed by atoms with Gasteiger partial charge >= 0.3 is 0 Å². The van der Waals surface area contributed by atoms with Crippen molar-refractivity contribution >= 4 is 5.91 Å². The van der Waals surface area contributed by atoms with E-state index in [1.165, 1.54) is 5.56 Å². The molecule has 2 unspecified atom stereocenters. The van der Waals surface area contributed by atoms with E-state index in [0.717, 1.165) is 12.0 Å². The number of amides is 1. The lowest BCUT2D eigenvalue weighted by Crippen LogP contribution is -2.35. The van der Waals surface area contributed by atoms with E-state index in [9.17, 15) is 4.79 Å². The smallest absolute Gasteiger partial charge is 0.241 e. The SMILES string of the molecule is CCc1ccc(C2NC(C(C)C)C(=O)N2CCOC)cc1. The largest absolute Gasteiger partial charge is 0.383 e. The first kappa shape index (κ1) is 16.0. The minimum absolute atomic E-state index is 0.0500. The number of nitrogens with one attached hydrogen (secondary N) is 1. The molecule has 1 amide bonds. The van der Waals surface area contributed by atoms with Crippen LogP contribution in [0.5, 0.6) is 0 Å². The van der Waals surface area contributed by atoms with E-state index in [1.807, 2.05) is 4.90 Å². The van der Waals surface area contributed by atoms with Gasteiger partial charge in [-0.3, -0.25) is 10.1 Å². The Morgan fingerprint density at radius 2 is 1.95 bits per heavy atom. The number of benzene rings is 1. The molecule has 1 aromatic rings. The molecule has 0 bridgehead atoms. The highest BCUT2D eigenvalue weighted by Crippen LogP contribution is 2.28. The van der Waals surface area contributed by atoms with Gasteiger partial charge in [-0.1, -0.05) is 45.0 Å². The number of nitrogens with zero attached hydrogens (tertiary/aromatic N) is 1. The van der Waals surface area contributed by atoms with Crippen LogP contribution in [0.1, 0.15) is 38.1 Å². The number of rotatable bonds is 6. The van der Waals surface area contributed by atoms with Crippen LogP contribution >= 0.6 is 0 Å². The van der Waals surface area contributed by atoms with Gasteiger partial charge in [0, 0.05) is 13.7 Å². The molecule has 1 aliphatic rings. The molecule has 4 heteroatoms. The maximum Gasteiger partial charge on any atom is 0.241 e. The Hall–Kier alpha value is -1.39. The van der Waals surface area contributed by atoms with Gasteiger partial charge in [-0.25, -0.2) is 0 Å². The molecule has 21 heavy (non-hydrogen) atoms. The average Bonchev–Trinajstić information content (AvgIpc) is 2.82. The van der Waals surface area contributed by atoms with Crippen LogP contribution in [0.2, 0.25) is 0 Å². The first-order valence-corrected chi connectivity index (χ1v) is 7.72. The highest BCUT2D eigenvalue weighted by Gasteiger charge is 2.40. The van der Waals surface area contributed by atoms with Gasteiger partial charge in [-0.15, -0.1) is 0 Å². The fourth-order valence-corrected chi connectivity index (χ4v) is 2.76. The lowest BCUT2D eigenvalue weighted by molar-refractivity contribution is -0.131. The summed E-state index contributed by atoms with van der Waals surface area (Å²) in [5, 5.41) is 3.47. The van der Waals surface area contributed by atoms with Crippen molar-refractivity contribution in [2.24, 2.45) is 5.92 Å². The van der Waals surface area contributed by atoms with Crippen molar-refractivity contribution in [2.45, 2.75) is 39.4 Å². The highest BCUT2D eigenvalue weighted by atomic mass is 16.5. The predicted octanol–water partition coefficient (Wildman–Crippen LogP) is 2.35. The van der Waals surface area contributed by atoms with Crippen LogP contribution in [0.3, 0.4) is 0 Å². The van der Waals surface area contributed by atoms with Crippen LogP contribution < -0.4 is 5.32 Å². The number of ether oxygens (including phenoxy) is 1. The topological polar surface area (TPSA) is 41.6 Å². The summed E-state index contributed by atoms with van der Waals surface area (Å²) in [7, 11) is 1.67. The summed E-state index contributed by atoms with van der Waals surface area (Å²) < 4.78 is 5.15. The summed E-state index contributed by atoms with van der Waals surface area (Å²) in [6.45, 7) is 7.47. The van der Waals surface area contributed by atoms with Crippen LogP contribution in [-0.4, -0.2) is 37.1 Å². The van der Waals surface area contributed by atoms with Gasteiger partial charge in [0.1, 0.15) is 6.17 Å². The molecule has 0 aliphatic carbocycles. The fraction of sp³-hybridized carbons (Fsp3) is 0.588. The maximum absolute atomic E-state index is 12.6. The molecule has 0 radical (unpaired) electrons. The maximum atomic E-state index is 12.6. The van der Waals surface area contributed by atoms with Gasteiger partial charge in [-0.05, 0) is 23.5 Å². The van der Waals surface area contributed by atoms with Crippen LogP contribution in [0, 0.1) is 5.92 Å². The molecule has 0 saturated carbocycles. The van der Waals surface area contributed by atoms with Gasteiger partial charge < -0.3 is 9.64 Å². The van der Waals surface area contributed by atoms with Crippen LogP contribution in [-0.2, 0) is 16.0 Å². The second kappa shape index (κ2) is 7.05. The van der Waals surface area contributed by atoms with E-state index < -0.39 is 0 Å². The van der Waals surface area contributed by atoms with Crippen LogP contribution in [0.4, 0.5) is 0 Å². The number of hydrogen-bond donors (Lipinski definition) is 1. The zero-order chi connectivity index (χ0) is 15.4. The third-order valence-corrected chi connectivity index (χ3v) is 4.10. The molecule has 2 rings (SSSR count). The molecule has 2 atom stereocenters. The van der Waals surface area contributed by atoms with Crippen molar-refractivity contribution in [1.82, 2.24) is 10.2 Å². The van der Waals surface area contributed by atoms with Gasteiger partial charge in [0.05, 0.1) is 12.6 Å². The minimum Gasteiger partial charge on any atom is -0.383 e. The molecule has 1 heterocycles. The predicted molar refractivity (Wildman–Crippen MR) is 83.9 cm³/mol. The number of methoxy groups -OCH3 is 1. The average molecular weight is 290 g/mol. The fourth-order valence-electron chi connectivity index (χ4n) is 2.76. The van der Waals surface area contributed by atoms with Crippen molar-refractivity contribution in [1.29, 1.82) is 0 Å². The third-order valence-electron chi connectivity index (χ3n) is 4.10. The monoisotopic (exact) mass is 290 g/mol. The molecule has 1 aromatic carbocycles. The molecule has 4 nitrogen and oxygen atoms in total. The molecule has 0 aromatic heterocycles.